The van der Waals surface area contributed by atoms with Crippen LogP contribution in [0.2, 0.25) is 0 Å². The Morgan fingerprint density at radius 3 is 1.62 bits per heavy atom. The minimum Gasteiger partial charge on any atom is -0.308 e. The minimum atomic E-state index is 0.724. The van der Waals surface area contributed by atoms with Crippen molar-refractivity contribution in [1.82, 2.24) is 14.5 Å². The maximum Gasteiger partial charge on any atom is 0.161 e. The quantitative estimate of drug-likeness (QED) is 0.169. The van der Waals surface area contributed by atoms with E-state index in [0.29, 0.717) is 0 Å². The molecule has 0 fully saturated rings. The standard InChI is InChI=1S/C52H31N3S/c1-3-14-32(15-4-1)46-31-47(33-26-27-39-37-20-8-7-18-35(37)36-19-9-10-21-38(36)45(39)30-33)54-52(53-46)44-24-13-23-42-43-29-28-41-40-22-11-12-25-48(40)55(34-16-5-2-6-17-34)49(41)51(43)56-50(42)44/h1-31H. The molecule has 260 valence electrons. The number of hydrogen-bond acceptors (Lipinski definition) is 3. The van der Waals surface area contributed by atoms with Crippen LogP contribution in [0.25, 0.3) is 114 Å². The molecule has 3 heterocycles. The average Bonchev–Trinajstić information content (AvgIpc) is 3.83. The van der Waals surface area contributed by atoms with Crippen molar-refractivity contribution < 1.29 is 0 Å². The van der Waals surface area contributed by atoms with E-state index in [0.717, 1.165) is 39.6 Å². The molecule has 0 bridgehead atoms. The third-order valence-electron chi connectivity index (χ3n) is 11.4. The Bertz CT molecular complexity index is 3490. The van der Waals surface area contributed by atoms with Crippen molar-refractivity contribution in [3.05, 3.63) is 188 Å². The van der Waals surface area contributed by atoms with Crippen LogP contribution >= 0.6 is 11.3 Å². The topological polar surface area (TPSA) is 30.7 Å². The highest BCUT2D eigenvalue weighted by molar-refractivity contribution is 7.27. The lowest BCUT2D eigenvalue weighted by molar-refractivity contribution is 1.19. The van der Waals surface area contributed by atoms with Gasteiger partial charge < -0.3 is 4.57 Å². The van der Waals surface area contributed by atoms with E-state index in [9.17, 15) is 0 Å². The van der Waals surface area contributed by atoms with E-state index in [1.54, 1.807) is 0 Å². The Balaban J connectivity index is 1.12. The molecule has 9 aromatic carbocycles. The Hall–Kier alpha value is -7.14. The summed E-state index contributed by atoms with van der Waals surface area (Å²) in [6, 6.07) is 67.6. The highest BCUT2D eigenvalue weighted by Gasteiger charge is 2.21. The molecule has 0 unspecified atom stereocenters. The summed E-state index contributed by atoms with van der Waals surface area (Å²) in [5.74, 6) is 0.724. The second-order valence-electron chi connectivity index (χ2n) is 14.5. The molecule has 0 saturated carbocycles. The fourth-order valence-corrected chi connectivity index (χ4v) is 10.2. The number of hydrogen-bond donors (Lipinski definition) is 0. The van der Waals surface area contributed by atoms with Gasteiger partial charge in [-0.3, -0.25) is 0 Å². The first-order chi connectivity index (χ1) is 27.8. The molecule has 4 heteroatoms. The predicted molar refractivity (Wildman–Crippen MR) is 238 cm³/mol. The van der Waals surface area contributed by atoms with Gasteiger partial charge in [0.1, 0.15) is 0 Å². The largest absolute Gasteiger partial charge is 0.308 e. The lowest BCUT2D eigenvalue weighted by Crippen LogP contribution is -1.96. The van der Waals surface area contributed by atoms with Gasteiger partial charge in [-0.15, -0.1) is 11.3 Å². The van der Waals surface area contributed by atoms with Crippen molar-refractivity contribution in [2.24, 2.45) is 0 Å². The Morgan fingerprint density at radius 2 is 0.893 bits per heavy atom. The van der Waals surface area contributed by atoms with Crippen LogP contribution in [0.1, 0.15) is 0 Å². The molecule has 12 rings (SSSR count). The van der Waals surface area contributed by atoms with Crippen LogP contribution in [0.4, 0.5) is 0 Å². The van der Waals surface area contributed by atoms with Crippen LogP contribution < -0.4 is 0 Å². The van der Waals surface area contributed by atoms with Crippen molar-refractivity contribution in [2.75, 3.05) is 0 Å². The number of para-hydroxylation sites is 2. The van der Waals surface area contributed by atoms with Crippen molar-refractivity contribution in [2.45, 2.75) is 0 Å². The number of aromatic nitrogens is 3. The summed E-state index contributed by atoms with van der Waals surface area (Å²) in [7, 11) is 0. The molecule has 0 saturated heterocycles. The van der Waals surface area contributed by atoms with Crippen LogP contribution in [-0.2, 0) is 0 Å². The van der Waals surface area contributed by atoms with Gasteiger partial charge >= 0.3 is 0 Å². The summed E-state index contributed by atoms with van der Waals surface area (Å²) in [5, 5.41) is 12.5. The fraction of sp³-hybridized carbons (Fsp3) is 0. The summed E-state index contributed by atoms with van der Waals surface area (Å²) in [4.78, 5) is 10.7. The van der Waals surface area contributed by atoms with Crippen molar-refractivity contribution in [3.8, 4) is 39.6 Å². The smallest absolute Gasteiger partial charge is 0.161 e. The molecule has 0 atom stereocenters. The first-order valence-corrected chi connectivity index (χ1v) is 19.8. The first-order valence-electron chi connectivity index (χ1n) is 19.0. The molecule has 3 nitrogen and oxygen atoms in total. The van der Waals surface area contributed by atoms with Gasteiger partial charge in [-0.1, -0.05) is 152 Å². The predicted octanol–water partition coefficient (Wildman–Crippen LogP) is 14.4. The van der Waals surface area contributed by atoms with Gasteiger partial charge in [-0.25, -0.2) is 9.97 Å². The van der Waals surface area contributed by atoms with Crippen LogP contribution in [-0.4, -0.2) is 14.5 Å². The highest BCUT2D eigenvalue weighted by atomic mass is 32.1. The molecular weight excluding hydrogens is 699 g/mol. The van der Waals surface area contributed by atoms with E-state index in [1.165, 1.54) is 74.3 Å². The van der Waals surface area contributed by atoms with Gasteiger partial charge in [0.05, 0.1) is 27.1 Å². The molecule has 3 aromatic heterocycles. The van der Waals surface area contributed by atoms with Gasteiger partial charge in [0.2, 0.25) is 0 Å². The molecule has 0 radical (unpaired) electrons. The monoisotopic (exact) mass is 729 g/mol. The van der Waals surface area contributed by atoms with Crippen LogP contribution in [0.3, 0.4) is 0 Å². The Morgan fingerprint density at radius 1 is 0.357 bits per heavy atom. The molecule has 0 aliphatic rings. The van der Waals surface area contributed by atoms with E-state index in [-0.39, 0.29) is 0 Å². The molecular formula is C52H31N3S. The number of fused-ring (bicyclic) bond motifs is 13. The lowest BCUT2D eigenvalue weighted by Gasteiger charge is -2.13. The molecule has 0 amide bonds. The SMILES string of the molecule is c1ccc(-c2cc(-c3ccc4c5ccccc5c5ccccc5c4c3)nc(-c3cccc4c3sc3c4ccc4c5ccccc5n(-c5ccccc5)c43)n2)cc1. The zero-order valence-corrected chi connectivity index (χ0v) is 31.0. The van der Waals surface area contributed by atoms with E-state index < -0.39 is 0 Å². The number of nitrogens with zero attached hydrogens (tertiary/aromatic N) is 3. The van der Waals surface area contributed by atoms with E-state index in [2.05, 4.69) is 193 Å². The van der Waals surface area contributed by atoms with Gasteiger partial charge in [-0.05, 0) is 68.7 Å². The summed E-state index contributed by atoms with van der Waals surface area (Å²) in [6.45, 7) is 0. The van der Waals surface area contributed by atoms with E-state index >= 15 is 0 Å². The molecule has 0 N–H and O–H groups in total. The molecule has 0 aliphatic heterocycles. The third kappa shape index (κ3) is 4.63. The number of benzene rings is 9. The first kappa shape index (κ1) is 31.2. The van der Waals surface area contributed by atoms with Gasteiger partial charge in [0.25, 0.3) is 0 Å². The van der Waals surface area contributed by atoms with E-state index in [4.69, 9.17) is 9.97 Å². The summed E-state index contributed by atoms with van der Waals surface area (Å²) < 4.78 is 4.88. The lowest BCUT2D eigenvalue weighted by atomic mass is 9.92. The number of rotatable bonds is 4. The molecule has 0 spiro atoms. The summed E-state index contributed by atoms with van der Waals surface area (Å²) in [6.07, 6.45) is 0. The summed E-state index contributed by atoms with van der Waals surface area (Å²) >= 11 is 1.84. The van der Waals surface area contributed by atoms with E-state index in [1.807, 2.05) is 11.3 Å². The van der Waals surface area contributed by atoms with Crippen molar-refractivity contribution in [1.29, 1.82) is 0 Å². The molecule has 0 aliphatic carbocycles. The highest BCUT2D eigenvalue weighted by Crippen LogP contribution is 2.46. The van der Waals surface area contributed by atoms with Gasteiger partial charge in [0.15, 0.2) is 5.82 Å². The second kappa shape index (κ2) is 12.2. The van der Waals surface area contributed by atoms with Crippen LogP contribution in [0.15, 0.2) is 188 Å². The molecule has 56 heavy (non-hydrogen) atoms. The van der Waals surface area contributed by atoms with Gasteiger partial charge in [0, 0.05) is 48.6 Å². The fourth-order valence-electron chi connectivity index (χ4n) is 8.86. The minimum absolute atomic E-state index is 0.724. The zero-order chi connectivity index (χ0) is 36.7. The Labute approximate surface area is 326 Å². The number of thiophene rings is 1. The van der Waals surface area contributed by atoms with Gasteiger partial charge in [-0.2, -0.15) is 0 Å². The second-order valence-corrected chi connectivity index (χ2v) is 15.5. The van der Waals surface area contributed by atoms with Crippen molar-refractivity contribution in [3.63, 3.8) is 0 Å². The average molecular weight is 730 g/mol. The molecule has 12 aromatic rings. The summed E-state index contributed by atoms with van der Waals surface area (Å²) in [5.41, 5.74) is 8.57. The normalized spacial score (nSPS) is 11.9. The third-order valence-corrected chi connectivity index (χ3v) is 12.7. The maximum atomic E-state index is 5.42. The maximum absolute atomic E-state index is 5.42. The zero-order valence-electron chi connectivity index (χ0n) is 30.1. The Kier molecular flexibility index (Phi) is 6.80. The van der Waals surface area contributed by atoms with Crippen LogP contribution in [0.5, 0.6) is 0 Å². The van der Waals surface area contributed by atoms with Crippen molar-refractivity contribution >= 4 is 85.6 Å². The van der Waals surface area contributed by atoms with Crippen LogP contribution in [0, 0.1) is 0 Å².